The highest BCUT2D eigenvalue weighted by molar-refractivity contribution is 6.30. The number of halogens is 1. The minimum absolute atomic E-state index is 0.0128. The fourth-order valence-corrected chi connectivity index (χ4v) is 2.77. The third kappa shape index (κ3) is 4.43. The SMILES string of the molecule is Cc1ccc2cc(CN(C)CC(=O)NC(C)C)c(Cl)nc2c1C. The van der Waals surface area contributed by atoms with Crippen molar-refractivity contribution in [2.75, 3.05) is 13.6 Å². The molecule has 0 fully saturated rings. The molecule has 0 aliphatic rings. The molecule has 1 heterocycles. The van der Waals surface area contributed by atoms with E-state index in [1.54, 1.807) is 0 Å². The molecule has 0 bridgehead atoms. The van der Waals surface area contributed by atoms with Crippen LogP contribution in [0, 0.1) is 13.8 Å². The number of likely N-dealkylation sites (N-methyl/N-ethyl adjacent to an activating group) is 1. The topological polar surface area (TPSA) is 45.2 Å². The quantitative estimate of drug-likeness (QED) is 0.852. The van der Waals surface area contributed by atoms with E-state index >= 15 is 0 Å². The predicted molar refractivity (Wildman–Crippen MR) is 95.8 cm³/mol. The van der Waals surface area contributed by atoms with E-state index in [4.69, 9.17) is 11.6 Å². The molecule has 1 aromatic carbocycles. The Balaban J connectivity index is 2.19. The van der Waals surface area contributed by atoms with Gasteiger partial charge in [-0.05, 0) is 51.9 Å². The first-order valence-electron chi connectivity index (χ1n) is 7.81. The number of hydrogen-bond acceptors (Lipinski definition) is 3. The average Bonchev–Trinajstić information content (AvgIpc) is 2.43. The molecule has 4 nitrogen and oxygen atoms in total. The first-order valence-corrected chi connectivity index (χ1v) is 8.19. The maximum Gasteiger partial charge on any atom is 0.234 e. The standard InChI is InChI=1S/C18H24ClN3O/c1-11(2)20-16(23)10-22(5)9-15-8-14-7-6-12(3)13(4)17(14)21-18(15)19/h6-8,11H,9-10H2,1-5H3,(H,20,23). The summed E-state index contributed by atoms with van der Waals surface area (Å²) >= 11 is 6.35. The number of carbonyl (C=O) groups excluding carboxylic acids is 1. The molecule has 0 spiro atoms. The minimum Gasteiger partial charge on any atom is -0.353 e. The van der Waals surface area contributed by atoms with Crippen LogP contribution in [0.15, 0.2) is 18.2 Å². The van der Waals surface area contributed by atoms with E-state index in [0.717, 1.165) is 22.0 Å². The Hall–Kier alpha value is -1.65. The summed E-state index contributed by atoms with van der Waals surface area (Å²) in [6.07, 6.45) is 0. The van der Waals surface area contributed by atoms with Crippen molar-refractivity contribution in [1.82, 2.24) is 15.2 Å². The zero-order chi connectivity index (χ0) is 17.1. The number of benzene rings is 1. The van der Waals surface area contributed by atoms with Gasteiger partial charge in [0.1, 0.15) is 5.15 Å². The van der Waals surface area contributed by atoms with Crippen LogP contribution in [-0.4, -0.2) is 35.4 Å². The van der Waals surface area contributed by atoms with Crippen molar-refractivity contribution in [2.24, 2.45) is 0 Å². The summed E-state index contributed by atoms with van der Waals surface area (Å²) in [5, 5.41) is 4.47. The highest BCUT2D eigenvalue weighted by Gasteiger charge is 2.12. The summed E-state index contributed by atoms with van der Waals surface area (Å²) in [6, 6.07) is 6.37. The van der Waals surface area contributed by atoms with Gasteiger partial charge in [-0.1, -0.05) is 23.7 Å². The molecule has 0 unspecified atom stereocenters. The number of nitrogens with zero attached hydrogens (tertiary/aromatic N) is 2. The fraction of sp³-hybridized carbons (Fsp3) is 0.444. The molecule has 2 aromatic rings. The van der Waals surface area contributed by atoms with E-state index in [1.807, 2.05) is 25.8 Å². The number of aryl methyl sites for hydroxylation is 2. The molecule has 0 radical (unpaired) electrons. The first kappa shape index (κ1) is 17.7. The lowest BCUT2D eigenvalue weighted by atomic mass is 10.0. The molecule has 2 rings (SSSR count). The lowest BCUT2D eigenvalue weighted by Crippen LogP contribution is -2.38. The number of hydrogen-bond donors (Lipinski definition) is 1. The molecular weight excluding hydrogens is 310 g/mol. The smallest absolute Gasteiger partial charge is 0.234 e. The van der Waals surface area contributed by atoms with Crippen LogP contribution in [0.2, 0.25) is 5.15 Å². The van der Waals surface area contributed by atoms with E-state index in [9.17, 15) is 4.79 Å². The molecule has 0 aliphatic heterocycles. The van der Waals surface area contributed by atoms with Gasteiger partial charge in [0.05, 0.1) is 12.1 Å². The average molecular weight is 334 g/mol. The largest absolute Gasteiger partial charge is 0.353 e. The number of fused-ring (bicyclic) bond motifs is 1. The van der Waals surface area contributed by atoms with Crippen molar-refractivity contribution < 1.29 is 4.79 Å². The number of pyridine rings is 1. The molecule has 0 saturated carbocycles. The van der Waals surface area contributed by atoms with Crippen LogP contribution >= 0.6 is 11.6 Å². The fourth-order valence-electron chi connectivity index (χ4n) is 2.57. The van der Waals surface area contributed by atoms with Gasteiger partial charge in [-0.25, -0.2) is 4.98 Å². The van der Waals surface area contributed by atoms with E-state index < -0.39 is 0 Å². The zero-order valence-electron chi connectivity index (χ0n) is 14.4. The van der Waals surface area contributed by atoms with Crippen LogP contribution in [0.5, 0.6) is 0 Å². The van der Waals surface area contributed by atoms with Crippen molar-refractivity contribution in [1.29, 1.82) is 0 Å². The van der Waals surface area contributed by atoms with E-state index in [0.29, 0.717) is 18.2 Å². The van der Waals surface area contributed by atoms with Crippen LogP contribution in [0.3, 0.4) is 0 Å². The third-order valence-corrected chi connectivity index (χ3v) is 4.17. The molecule has 1 amide bonds. The number of carbonyl (C=O) groups is 1. The Morgan fingerprint density at radius 1 is 1.35 bits per heavy atom. The summed E-state index contributed by atoms with van der Waals surface area (Å²) in [5.41, 5.74) is 4.23. The number of amides is 1. The van der Waals surface area contributed by atoms with Gasteiger partial charge in [0.25, 0.3) is 0 Å². The van der Waals surface area contributed by atoms with Gasteiger partial charge in [0, 0.05) is 23.5 Å². The van der Waals surface area contributed by atoms with Gasteiger partial charge >= 0.3 is 0 Å². The minimum atomic E-state index is 0.0128. The summed E-state index contributed by atoms with van der Waals surface area (Å²) in [5.74, 6) is 0.0128. The van der Waals surface area contributed by atoms with Gasteiger partial charge in [-0.2, -0.15) is 0 Å². The molecule has 23 heavy (non-hydrogen) atoms. The van der Waals surface area contributed by atoms with Crippen molar-refractivity contribution in [3.63, 3.8) is 0 Å². The highest BCUT2D eigenvalue weighted by Crippen LogP contribution is 2.25. The monoisotopic (exact) mass is 333 g/mol. The normalized spacial score (nSPS) is 11.5. The predicted octanol–water partition coefficient (Wildman–Crippen LogP) is 3.46. The molecule has 0 atom stereocenters. The maximum atomic E-state index is 11.8. The molecule has 1 aromatic heterocycles. The Morgan fingerprint density at radius 3 is 2.70 bits per heavy atom. The number of nitrogens with one attached hydrogen (secondary N) is 1. The Kier molecular flexibility index (Phi) is 5.60. The third-order valence-electron chi connectivity index (χ3n) is 3.84. The molecule has 0 aliphatic carbocycles. The first-order chi connectivity index (χ1) is 10.8. The van der Waals surface area contributed by atoms with Crippen LogP contribution in [0.1, 0.15) is 30.5 Å². The second-order valence-corrected chi connectivity index (χ2v) is 6.77. The Labute approximate surface area is 142 Å². The van der Waals surface area contributed by atoms with Crippen LogP contribution in [0.4, 0.5) is 0 Å². The summed E-state index contributed by atoms with van der Waals surface area (Å²) in [6.45, 7) is 8.95. The lowest BCUT2D eigenvalue weighted by molar-refractivity contribution is -0.122. The van der Waals surface area contributed by atoms with Gasteiger partial charge in [0.2, 0.25) is 5.91 Å². The van der Waals surface area contributed by atoms with Gasteiger partial charge in [-0.15, -0.1) is 0 Å². The van der Waals surface area contributed by atoms with Crippen molar-refractivity contribution >= 4 is 28.4 Å². The van der Waals surface area contributed by atoms with Crippen LogP contribution in [-0.2, 0) is 11.3 Å². The second-order valence-electron chi connectivity index (χ2n) is 6.41. The van der Waals surface area contributed by atoms with Crippen molar-refractivity contribution in [3.05, 3.63) is 40.0 Å². The number of rotatable bonds is 5. The molecular formula is C18H24ClN3O. The van der Waals surface area contributed by atoms with Crippen molar-refractivity contribution in [3.8, 4) is 0 Å². The van der Waals surface area contributed by atoms with Crippen LogP contribution < -0.4 is 5.32 Å². The maximum absolute atomic E-state index is 11.8. The lowest BCUT2D eigenvalue weighted by Gasteiger charge is -2.18. The van der Waals surface area contributed by atoms with E-state index in [1.165, 1.54) is 5.56 Å². The zero-order valence-corrected chi connectivity index (χ0v) is 15.2. The molecule has 124 valence electrons. The van der Waals surface area contributed by atoms with Crippen molar-refractivity contribution in [2.45, 2.75) is 40.3 Å². The number of aromatic nitrogens is 1. The van der Waals surface area contributed by atoms with Gasteiger partial charge < -0.3 is 5.32 Å². The Morgan fingerprint density at radius 2 is 2.04 bits per heavy atom. The summed E-state index contributed by atoms with van der Waals surface area (Å²) < 4.78 is 0. The molecule has 0 saturated heterocycles. The second kappa shape index (κ2) is 7.28. The summed E-state index contributed by atoms with van der Waals surface area (Å²) in [4.78, 5) is 18.3. The van der Waals surface area contributed by atoms with Crippen LogP contribution in [0.25, 0.3) is 10.9 Å². The van der Waals surface area contributed by atoms with Gasteiger partial charge in [0.15, 0.2) is 0 Å². The molecule has 5 heteroatoms. The van der Waals surface area contributed by atoms with E-state index in [-0.39, 0.29) is 11.9 Å². The van der Waals surface area contributed by atoms with Gasteiger partial charge in [-0.3, -0.25) is 9.69 Å². The molecule has 1 N–H and O–H groups in total. The van der Waals surface area contributed by atoms with E-state index in [2.05, 4.69) is 42.3 Å². The highest BCUT2D eigenvalue weighted by atomic mass is 35.5. The Bertz CT molecular complexity index is 728. The summed E-state index contributed by atoms with van der Waals surface area (Å²) in [7, 11) is 1.90.